The SMILES string of the molecule is Nc1ccccc1NC(=O)CS(=O)(=O)C1CCCC1. The van der Waals surface area contributed by atoms with Gasteiger partial charge in [-0.05, 0) is 25.0 Å². The molecule has 1 aromatic rings. The molecule has 0 unspecified atom stereocenters. The lowest BCUT2D eigenvalue weighted by Gasteiger charge is -2.12. The summed E-state index contributed by atoms with van der Waals surface area (Å²) in [5.41, 5.74) is 6.57. The van der Waals surface area contributed by atoms with Gasteiger partial charge in [-0.2, -0.15) is 0 Å². The van der Waals surface area contributed by atoms with Gasteiger partial charge in [0.1, 0.15) is 5.75 Å². The van der Waals surface area contributed by atoms with Crippen LogP contribution in [0.15, 0.2) is 24.3 Å². The number of nitrogens with two attached hydrogens (primary N) is 1. The van der Waals surface area contributed by atoms with E-state index in [2.05, 4.69) is 5.32 Å². The fourth-order valence-corrected chi connectivity index (χ4v) is 4.07. The third kappa shape index (κ3) is 3.47. The molecule has 5 nitrogen and oxygen atoms in total. The third-order valence-electron chi connectivity index (χ3n) is 3.38. The lowest BCUT2D eigenvalue weighted by molar-refractivity contribution is -0.113. The van der Waals surface area contributed by atoms with Crippen molar-refractivity contribution in [2.75, 3.05) is 16.8 Å². The highest BCUT2D eigenvalue weighted by molar-refractivity contribution is 7.92. The van der Waals surface area contributed by atoms with E-state index in [4.69, 9.17) is 5.73 Å². The van der Waals surface area contributed by atoms with Crippen LogP contribution < -0.4 is 11.1 Å². The van der Waals surface area contributed by atoms with Crippen molar-refractivity contribution in [1.82, 2.24) is 0 Å². The van der Waals surface area contributed by atoms with Gasteiger partial charge in [-0.25, -0.2) is 8.42 Å². The molecule has 1 saturated carbocycles. The molecule has 0 atom stereocenters. The largest absolute Gasteiger partial charge is 0.397 e. The molecule has 0 radical (unpaired) electrons. The van der Waals surface area contributed by atoms with Crippen LogP contribution >= 0.6 is 0 Å². The summed E-state index contributed by atoms with van der Waals surface area (Å²) in [6, 6.07) is 6.79. The van der Waals surface area contributed by atoms with Crippen molar-refractivity contribution >= 4 is 27.1 Å². The van der Waals surface area contributed by atoms with Crippen LogP contribution in [0.1, 0.15) is 25.7 Å². The van der Waals surface area contributed by atoms with E-state index in [0.717, 1.165) is 12.8 Å². The molecule has 0 saturated heterocycles. The maximum Gasteiger partial charge on any atom is 0.239 e. The zero-order valence-electron chi connectivity index (χ0n) is 10.6. The lowest BCUT2D eigenvalue weighted by Crippen LogP contribution is -2.29. The van der Waals surface area contributed by atoms with Crippen molar-refractivity contribution < 1.29 is 13.2 Å². The Labute approximate surface area is 113 Å². The first-order valence-electron chi connectivity index (χ1n) is 6.35. The molecule has 0 bridgehead atoms. The van der Waals surface area contributed by atoms with Crippen molar-refractivity contribution in [2.24, 2.45) is 0 Å². The van der Waals surface area contributed by atoms with Crippen LogP contribution in [-0.2, 0) is 14.6 Å². The molecule has 0 heterocycles. The molecule has 104 valence electrons. The quantitative estimate of drug-likeness (QED) is 0.820. The van der Waals surface area contributed by atoms with E-state index in [0.29, 0.717) is 24.2 Å². The fourth-order valence-electron chi connectivity index (χ4n) is 2.35. The molecular formula is C13H18N2O3S. The standard InChI is InChI=1S/C13H18N2O3S/c14-11-7-3-4-8-12(11)15-13(16)9-19(17,18)10-5-1-2-6-10/h3-4,7-8,10H,1-2,5-6,9,14H2,(H,15,16). The monoisotopic (exact) mass is 282 g/mol. The summed E-state index contributed by atoms with van der Waals surface area (Å²) >= 11 is 0. The Morgan fingerprint density at radius 3 is 2.53 bits per heavy atom. The number of amides is 1. The highest BCUT2D eigenvalue weighted by Gasteiger charge is 2.30. The van der Waals surface area contributed by atoms with Gasteiger partial charge < -0.3 is 11.1 Å². The first-order valence-corrected chi connectivity index (χ1v) is 8.06. The number of para-hydroxylation sites is 2. The van der Waals surface area contributed by atoms with E-state index in [-0.39, 0.29) is 5.25 Å². The summed E-state index contributed by atoms with van der Waals surface area (Å²) in [4.78, 5) is 11.8. The van der Waals surface area contributed by atoms with Crippen LogP contribution in [0, 0.1) is 0 Å². The Morgan fingerprint density at radius 1 is 1.26 bits per heavy atom. The van der Waals surface area contributed by atoms with E-state index in [1.807, 2.05) is 0 Å². The molecule has 2 rings (SSSR count). The number of hydrogen-bond acceptors (Lipinski definition) is 4. The topological polar surface area (TPSA) is 89.3 Å². The van der Waals surface area contributed by atoms with Crippen molar-refractivity contribution in [3.05, 3.63) is 24.3 Å². The summed E-state index contributed by atoms with van der Waals surface area (Å²) in [5.74, 6) is -0.990. The van der Waals surface area contributed by atoms with Crippen LogP contribution in [0.25, 0.3) is 0 Å². The zero-order valence-corrected chi connectivity index (χ0v) is 11.4. The number of benzene rings is 1. The normalized spacial score (nSPS) is 16.4. The molecule has 19 heavy (non-hydrogen) atoms. The maximum atomic E-state index is 12.0. The van der Waals surface area contributed by atoms with Gasteiger partial charge in [0.25, 0.3) is 0 Å². The van der Waals surface area contributed by atoms with Gasteiger partial charge >= 0.3 is 0 Å². The Bertz CT molecular complexity index is 563. The molecule has 1 aromatic carbocycles. The molecule has 0 aromatic heterocycles. The fraction of sp³-hybridized carbons (Fsp3) is 0.462. The summed E-state index contributed by atoms with van der Waals surface area (Å²) in [6.07, 6.45) is 3.19. The molecule has 1 amide bonds. The predicted molar refractivity (Wildman–Crippen MR) is 75.5 cm³/mol. The number of carbonyl (C=O) groups excluding carboxylic acids is 1. The molecule has 1 aliphatic rings. The number of carbonyl (C=O) groups is 1. The van der Waals surface area contributed by atoms with Gasteiger partial charge in [0, 0.05) is 0 Å². The van der Waals surface area contributed by atoms with Gasteiger partial charge in [0.05, 0.1) is 16.6 Å². The van der Waals surface area contributed by atoms with Crippen LogP contribution in [0.4, 0.5) is 11.4 Å². The third-order valence-corrected chi connectivity index (χ3v) is 5.53. The predicted octanol–water partition coefficient (Wildman–Crippen LogP) is 1.56. The highest BCUT2D eigenvalue weighted by atomic mass is 32.2. The number of sulfone groups is 1. The smallest absolute Gasteiger partial charge is 0.239 e. The Morgan fingerprint density at radius 2 is 1.89 bits per heavy atom. The van der Waals surface area contributed by atoms with Crippen LogP contribution in [0.5, 0.6) is 0 Å². The Kier molecular flexibility index (Phi) is 4.09. The number of rotatable bonds is 4. The summed E-state index contributed by atoms with van der Waals surface area (Å²) in [5, 5.41) is 2.19. The van der Waals surface area contributed by atoms with Crippen molar-refractivity contribution in [1.29, 1.82) is 0 Å². The summed E-state index contributed by atoms with van der Waals surface area (Å²) in [6.45, 7) is 0. The molecule has 1 fully saturated rings. The lowest BCUT2D eigenvalue weighted by atomic mass is 10.3. The van der Waals surface area contributed by atoms with Crippen molar-refractivity contribution in [3.63, 3.8) is 0 Å². The molecule has 0 spiro atoms. The number of nitrogen functional groups attached to an aromatic ring is 1. The number of nitrogens with one attached hydrogen (secondary N) is 1. The van der Waals surface area contributed by atoms with E-state index < -0.39 is 21.5 Å². The minimum Gasteiger partial charge on any atom is -0.397 e. The van der Waals surface area contributed by atoms with E-state index in [1.54, 1.807) is 24.3 Å². The molecule has 0 aliphatic heterocycles. The van der Waals surface area contributed by atoms with Gasteiger partial charge in [-0.15, -0.1) is 0 Å². The molecule has 1 aliphatic carbocycles. The second kappa shape index (κ2) is 5.61. The molecule has 6 heteroatoms. The number of hydrogen-bond donors (Lipinski definition) is 2. The second-order valence-corrected chi connectivity index (χ2v) is 7.13. The zero-order chi connectivity index (χ0) is 13.9. The first-order chi connectivity index (χ1) is 8.99. The van der Waals surface area contributed by atoms with E-state index in [9.17, 15) is 13.2 Å². The van der Waals surface area contributed by atoms with Crippen molar-refractivity contribution in [3.8, 4) is 0 Å². The van der Waals surface area contributed by atoms with E-state index >= 15 is 0 Å². The second-order valence-electron chi connectivity index (χ2n) is 4.85. The molecule has 3 N–H and O–H groups in total. The first kappa shape index (κ1) is 13.9. The van der Waals surface area contributed by atoms with Crippen LogP contribution in [0.3, 0.4) is 0 Å². The van der Waals surface area contributed by atoms with Gasteiger partial charge in [0.15, 0.2) is 9.84 Å². The highest BCUT2D eigenvalue weighted by Crippen LogP contribution is 2.25. The summed E-state index contributed by atoms with van der Waals surface area (Å²) in [7, 11) is -3.35. The number of anilines is 2. The maximum absolute atomic E-state index is 12.0. The summed E-state index contributed by atoms with van der Waals surface area (Å²) < 4.78 is 24.1. The Balaban J connectivity index is 2.00. The van der Waals surface area contributed by atoms with Crippen molar-refractivity contribution in [2.45, 2.75) is 30.9 Å². The minimum atomic E-state index is -3.35. The van der Waals surface area contributed by atoms with Gasteiger partial charge in [-0.3, -0.25) is 4.79 Å². The van der Waals surface area contributed by atoms with E-state index in [1.165, 1.54) is 0 Å². The van der Waals surface area contributed by atoms with Gasteiger partial charge in [0.2, 0.25) is 5.91 Å². The minimum absolute atomic E-state index is 0.355. The average molecular weight is 282 g/mol. The molecular weight excluding hydrogens is 264 g/mol. The van der Waals surface area contributed by atoms with Gasteiger partial charge in [-0.1, -0.05) is 25.0 Å². The average Bonchev–Trinajstić information content (AvgIpc) is 2.85. The Hall–Kier alpha value is -1.56. The van der Waals surface area contributed by atoms with Crippen LogP contribution in [0.2, 0.25) is 0 Å². The van der Waals surface area contributed by atoms with Crippen LogP contribution in [-0.4, -0.2) is 25.3 Å².